The molecule has 0 unspecified atom stereocenters. The smallest absolute Gasteiger partial charge is 0.428 e. The third-order valence-electron chi connectivity index (χ3n) is 4.76. The molecule has 31 heavy (non-hydrogen) atoms. The van der Waals surface area contributed by atoms with Gasteiger partial charge in [0.15, 0.2) is 0 Å². The summed E-state index contributed by atoms with van der Waals surface area (Å²) in [4.78, 5) is 27.3. The Labute approximate surface area is 180 Å². The van der Waals surface area contributed by atoms with Crippen LogP contribution in [0, 0.1) is 0 Å². The number of nitrogens with zero attached hydrogens (tertiary/aromatic N) is 1. The third-order valence-corrected chi connectivity index (χ3v) is 4.76. The van der Waals surface area contributed by atoms with E-state index in [1.165, 1.54) is 0 Å². The van der Waals surface area contributed by atoms with Crippen molar-refractivity contribution < 1.29 is 14.3 Å². The van der Waals surface area contributed by atoms with Gasteiger partial charge in [-0.15, -0.1) is 0 Å². The van der Waals surface area contributed by atoms with Crippen molar-refractivity contribution in [2.24, 2.45) is 0 Å². The van der Waals surface area contributed by atoms with Gasteiger partial charge in [-0.2, -0.15) is 0 Å². The van der Waals surface area contributed by atoms with Crippen LogP contribution in [-0.4, -0.2) is 21.3 Å². The average Bonchev–Trinajstić information content (AvgIpc) is 3.03. The van der Waals surface area contributed by atoms with Gasteiger partial charge in [0.1, 0.15) is 11.4 Å². The van der Waals surface area contributed by atoms with Crippen LogP contribution in [0.15, 0.2) is 77.6 Å². The molecule has 158 valence electrons. The Balaban J connectivity index is 1.57. The Morgan fingerprint density at radius 3 is 2.35 bits per heavy atom. The average molecular weight is 416 g/mol. The first-order valence-corrected chi connectivity index (χ1v) is 10.1. The molecule has 1 heterocycles. The van der Waals surface area contributed by atoms with Crippen molar-refractivity contribution in [1.82, 2.24) is 9.55 Å². The van der Waals surface area contributed by atoms with Crippen molar-refractivity contribution in [2.75, 3.05) is 0 Å². The molecule has 0 amide bonds. The molecule has 3 aromatic carbocycles. The summed E-state index contributed by atoms with van der Waals surface area (Å²) >= 11 is 0. The van der Waals surface area contributed by atoms with Crippen molar-refractivity contribution in [3.05, 3.63) is 88.8 Å². The number of nitrogens with one attached hydrogen (secondary N) is 1. The fourth-order valence-electron chi connectivity index (χ4n) is 3.39. The molecular formula is C25H24N2O4. The van der Waals surface area contributed by atoms with Crippen LogP contribution in [0.1, 0.15) is 26.3 Å². The maximum Gasteiger partial charge on any atom is 0.514 e. The lowest BCUT2D eigenvalue weighted by Crippen LogP contribution is -2.26. The monoisotopic (exact) mass is 416 g/mol. The van der Waals surface area contributed by atoms with E-state index in [9.17, 15) is 9.59 Å². The number of aromatic amines is 1. The van der Waals surface area contributed by atoms with Crippen molar-refractivity contribution in [2.45, 2.75) is 32.9 Å². The second-order valence-corrected chi connectivity index (χ2v) is 8.29. The lowest BCUT2D eigenvalue weighted by Gasteiger charge is -2.19. The molecule has 6 nitrogen and oxygen atoms in total. The molecule has 0 aliphatic rings. The van der Waals surface area contributed by atoms with Gasteiger partial charge < -0.3 is 14.5 Å². The highest BCUT2D eigenvalue weighted by molar-refractivity contribution is 5.76. The predicted molar refractivity (Wildman–Crippen MR) is 120 cm³/mol. The summed E-state index contributed by atoms with van der Waals surface area (Å²) in [7, 11) is 0. The quantitative estimate of drug-likeness (QED) is 0.359. The van der Waals surface area contributed by atoms with E-state index in [1.54, 1.807) is 37.5 Å². The largest absolute Gasteiger partial charge is 0.514 e. The van der Waals surface area contributed by atoms with E-state index in [-0.39, 0.29) is 5.69 Å². The van der Waals surface area contributed by atoms with E-state index in [0.29, 0.717) is 12.3 Å². The van der Waals surface area contributed by atoms with Gasteiger partial charge in [0.25, 0.3) is 0 Å². The zero-order valence-corrected chi connectivity index (χ0v) is 17.7. The van der Waals surface area contributed by atoms with Gasteiger partial charge in [0.05, 0.1) is 17.6 Å². The van der Waals surface area contributed by atoms with Gasteiger partial charge in [-0.05, 0) is 50.1 Å². The molecule has 1 aromatic heterocycles. The Bertz CT molecular complexity index is 1280. The van der Waals surface area contributed by atoms with Crippen LogP contribution >= 0.6 is 0 Å². The van der Waals surface area contributed by atoms with Crippen molar-refractivity contribution in [3.63, 3.8) is 0 Å². The highest BCUT2D eigenvalue weighted by atomic mass is 16.7. The molecule has 4 aromatic rings. The molecule has 1 N–H and O–H groups in total. The number of benzene rings is 3. The SMILES string of the molecule is CC(C)(C)OC(=O)Oc1ccccc1-c1ccc(Cn2c(=O)[nH]c3ccccc32)cc1. The highest BCUT2D eigenvalue weighted by Gasteiger charge is 2.19. The van der Waals surface area contributed by atoms with E-state index in [2.05, 4.69) is 4.98 Å². The summed E-state index contributed by atoms with van der Waals surface area (Å²) in [5.74, 6) is 0.428. The fraction of sp³-hybridized carbons (Fsp3) is 0.200. The topological polar surface area (TPSA) is 73.3 Å². The summed E-state index contributed by atoms with van der Waals surface area (Å²) in [6.45, 7) is 5.83. The van der Waals surface area contributed by atoms with Crippen molar-refractivity contribution in [3.8, 4) is 16.9 Å². The third kappa shape index (κ3) is 4.69. The number of fused-ring (bicyclic) bond motifs is 1. The van der Waals surface area contributed by atoms with Crippen LogP contribution in [0.4, 0.5) is 4.79 Å². The molecule has 0 radical (unpaired) electrons. The minimum absolute atomic E-state index is 0.138. The first-order valence-electron chi connectivity index (χ1n) is 10.1. The van der Waals surface area contributed by atoms with Gasteiger partial charge in [-0.25, -0.2) is 9.59 Å². The molecule has 0 atom stereocenters. The van der Waals surface area contributed by atoms with E-state index < -0.39 is 11.8 Å². The maximum absolute atomic E-state index is 12.3. The molecule has 4 rings (SSSR count). The van der Waals surface area contributed by atoms with E-state index >= 15 is 0 Å². The van der Waals surface area contributed by atoms with E-state index in [0.717, 1.165) is 27.7 Å². The maximum atomic E-state index is 12.3. The summed E-state index contributed by atoms with van der Waals surface area (Å²) in [6, 6.07) is 22.8. The van der Waals surface area contributed by atoms with Crippen LogP contribution in [-0.2, 0) is 11.3 Å². The van der Waals surface area contributed by atoms with Gasteiger partial charge in [-0.3, -0.25) is 4.57 Å². The second-order valence-electron chi connectivity index (χ2n) is 8.29. The summed E-state index contributed by atoms with van der Waals surface area (Å²) in [6.07, 6.45) is -0.740. The number of hydrogen-bond acceptors (Lipinski definition) is 4. The number of para-hydroxylation sites is 3. The number of rotatable bonds is 4. The molecule has 0 spiro atoms. The van der Waals surface area contributed by atoms with Crippen LogP contribution in [0.5, 0.6) is 5.75 Å². The zero-order chi connectivity index (χ0) is 22.0. The minimum atomic E-state index is -0.740. The van der Waals surface area contributed by atoms with Crippen LogP contribution in [0.25, 0.3) is 22.2 Å². The Morgan fingerprint density at radius 2 is 1.61 bits per heavy atom. The summed E-state index contributed by atoms with van der Waals surface area (Å²) < 4.78 is 12.4. The van der Waals surface area contributed by atoms with Gasteiger partial charge in [0, 0.05) is 5.56 Å². The molecule has 0 bridgehead atoms. The number of imidazole rings is 1. The van der Waals surface area contributed by atoms with Crippen molar-refractivity contribution in [1.29, 1.82) is 0 Å². The van der Waals surface area contributed by atoms with E-state index in [1.807, 2.05) is 60.7 Å². The highest BCUT2D eigenvalue weighted by Crippen LogP contribution is 2.30. The number of aromatic nitrogens is 2. The normalized spacial score (nSPS) is 11.5. The molecule has 0 saturated heterocycles. The Hall–Kier alpha value is -3.80. The van der Waals surface area contributed by atoms with Gasteiger partial charge in [-0.1, -0.05) is 54.6 Å². The summed E-state index contributed by atoms with van der Waals surface area (Å²) in [5, 5.41) is 0. The molecule has 0 aliphatic heterocycles. The molecular weight excluding hydrogens is 392 g/mol. The van der Waals surface area contributed by atoms with Gasteiger partial charge in [0.2, 0.25) is 0 Å². The number of H-pyrrole nitrogens is 1. The molecule has 0 aliphatic carbocycles. The first-order chi connectivity index (χ1) is 14.8. The van der Waals surface area contributed by atoms with Crippen molar-refractivity contribution >= 4 is 17.2 Å². The van der Waals surface area contributed by atoms with Crippen LogP contribution in [0.3, 0.4) is 0 Å². The predicted octanol–water partition coefficient (Wildman–Crippen LogP) is 5.36. The first kappa shape index (κ1) is 20.5. The zero-order valence-electron chi connectivity index (χ0n) is 17.7. The Morgan fingerprint density at radius 1 is 0.935 bits per heavy atom. The van der Waals surface area contributed by atoms with Gasteiger partial charge >= 0.3 is 11.8 Å². The minimum Gasteiger partial charge on any atom is -0.428 e. The number of carbonyl (C=O) groups excluding carboxylic acids is 1. The standard InChI is InChI=1S/C25H24N2O4/c1-25(2,3)31-24(29)30-22-11-7-4-8-19(22)18-14-12-17(13-15-18)16-27-21-10-6-5-9-20(21)26-23(27)28/h4-15H,16H2,1-3H3,(H,26,28). The second kappa shape index (κ2) is 8.14. The summed E-state index contributed by atoms with van der Waals surface area (Å²) in [5.41, 5.74) is 3.58. The number of ether oxygens (including phenoxy) is 2. The lowest BCUT2D eigenvalue weighted by atomic mass is 10.0. The fourth-order valence-corrected chi connectivity index (χ4v) is 3.39. The number of carbonyl (C=O) groups is 1. The number of hydrogen-bond donors (Lipinski definition) is 1. The van der Waals surface area contributed by atoms with Crippen LogP contribution < -0.4 is 10.4 Å². The lowest BCUT2D eigenvalue weighted by molar-refractivity contribution is 0.0207. The van der Waals surface area contributed by atoms with E-state index in [4.69, 9.17) is 9.47 Å². The molecule has 6 heteroatoms. The Kier molecular flexibility index (Phi) is 5.38. The van der Waals surface area contributed by atoms with Crippen LogP contribution in [0.2, 0.25) is 0 Å². The molecule has 0 saturated carbocycles. The molecule has 0 fully saturated rings.